The fourth-order valence-electron chi connectivity index (χ4n) is 0.800. The van der Waals surface area contributed by atoms with Gasteiger partial charge in [0.1, 0.15) is 0 Å². The Labute approximate surface area is 76.4 Å². The second kappa shape index (κ2) is 3.73. The molecule has 1 aromatic carbocycles. The van der Waals surface area contributed by atoms with Gasteiger partial charge in [0, 0.05) is 0 Å². The number of halogens is 2. The first-order valence-electron chi connectivity index (χ1n) is 3.30. The van der Waals surface area contributed by atoms with Crippen LogP contribution in [-0.4, -0.2) is 6.29 Å². The van der Waals surface area contributed by atoms with Gasteiger partial charge in [-0.3, -0.25) is 0 Å². The van der Waals surface area contributed by atoms with E-state index in [1.54, 1.807) is 0 Å². The van der Waals surface area contributed by atoms with Gasteiger partial charge in [-0.15, -0.1) is 0 Å². The molecule has 4 heteroatoms. The van der Waals surface area contributed by atoms with E-state index in [0.29, 0.717) is 6.29 Å². The van der Waals surface area contributed by atoms with Gasteiger partial charge in [-0.2, -0.15) is 0 Å². The molecule has 0 saturated heterocycles. The molecule has 0 aliphatic heterocycles. The molecule has 1 nitrogen and oxygen atoms in total. The first kappa shape index (κ1) is 9.28. The van der Waals surface area contributed by atoms with E-state index >= 15 is 0 Å². The third-order valence-corrected chi connectivity index (χ3v) is 5.38. The number of benzene rings is 1. The second-order valence-corrected chi connectivity index (χ2v) is 9.12. The molecule has 0 atom stereocenters. The first-order valence-corrected chi connectivity index (χ1v) is 7.53. The van der Waals surface area contributed by atoms with Crippen LogP contribution in [0.25, 0.3) is 0 Å². The average Bonchev–Trinajstić information content (AvgIpc) is 2.06. The van der Waals surface area contributed by atoms with Crippen molar-refractivity contribution < 1.29 is 0 Å². The number of hydrogen-bond acceptors (Lipinski definition) is 1. The number of rotatable bonds is 2. The van der Waals surface area contributed by atoms with Gasteiger partial charge in [0.2, 0.25) is 0 Å². The predicted molar refractivity (Wildman–Crippen MR) is 55.2 cm³/mol. The molecule has 0 amide bonds. The average molecular weight is 210 g/mol. The molecule has 0 saturated carbocycles. The van der Waals surface area contributed by atoms with Crippen LogP contribution in [0.3, 0.4) is 0 Å². The third-order valence-electron chi connectivity index (χ3n) is 1.45. The molecule has 0 spiro atoms. The monoisotopic (exact) mass is 209 g/mol. The quantitative estimate of drug-likeness (QED) is 0.744. The van der Waals surface area contributed by atoms with Crippen molar-refractivity contribution in [2.24, 2.45) is 5.73 Å². The standard InChI is InChI=1S/C7H10Cl2NP/c8-11(9,6-10)7-4-2-1-3-5-7/h1-5,11H,6,10H2. The molecular weight excluding hydrogens is 200 g/mol. The molecule has 0 aliphatic rings. The van der Waals surface area contributed by atoms with E-state index in [9.17, 15) is 0 Å². The molecule has 0 aromatic heterocycles. The Kier molecular flexibility index (Phi) is 3.15. The zero-order chi connectivity index (χ0) is 8.32. The maximum atomic E-state index is 6.03. The molecular formula is C7H10Cl2NP. The summed E-state index contributed by atoms with van der Waals surface area (Å²) in [6, 6.07) is 9.59. The Hall–Kier alpha value is 0.190. The van der Waals surface area contributed by atoms with Crippen LogP contribution in [-0.2, 0) is 0 Å². The van der Waals surface area contributed by atoms with Gasteiger partial charge >= 0.3 is 76.1 Å². The predicted octanol–water partition coefficient (Wildman–Crippen LogP) is 2.29. The van der Waals surface area contributed by atoms with E-state index in [0.717, 1.165) is 5.30 Å². The van der Waals surface area contributed by atoms with Gasteiger partial charge in [-0.1, -0.05) is 0 Å². The Morgan fingerprint density at radius 3 is 2.18 bits per heavy atom. The van der Waals surface area contributed by atoms with Crippen LogP contribution in [0.1, 0.15) is 0 Å². The van der Waals surface area contributed by atoms with Gasteiger partial charge in [0.25, 0.3) is 0 Å². The molecule has 0 fully saturated rings. The van der Waals surface area contributed by atoms with E-state index in [-0.39, 0.29) is 0 Å². The molecule has 2 N–H and O–H groups in total. The molecule has 0 bridgehead atoms. The summed E-state index contributed by atoms with van der Waals surface area (Å²) in [7, 11) is 0. The van der Waals surface area contributed by atoms with Crippen molar-refractivity contribution in [3.05, 3.63) is 30.3 Å². The van der Waals surface area contributed by atoms with Crippen LogP contribution in [0.15, 0.2) is 30.3 Å². The van der Waals surface area contributed by atoms with Gasteiger partial charge in [0.15, 0.2) is 0 Å². The van der Waals surface area contributed by atoms with Crippen LogP contribution < -0.4 is 11.0 Å². The maximum absolute atomic E-state index is 6.03. The summed E-state index contributed by atoms with van der Waals surface area (Å²) in [6.45, 7) is 0. The molecule has 62 valence electrons. The molecule has 1 aromatic rings. The summed E-state index contributed by atoms with van der Waals surface area (Å²) in [6.07, 6.45) is 0.361. The van der Waals surface area contributed by atoms with E-state index in [1.807, 2.05) is 30.3 Å². The SMILES string of the molecule is NC[PH](Cl)(Cl)c1ccccc1. The Morgan fingerprint density at radius 2 is 1.73 bits per heavy atom. The first-order chi connectivity index (χ1) is 5.17. The fourth-order valence-corrected chi connectivity index (χ4v) is 2.47. The van der Waals surface area contributed by atoms with Gasteiger partial charge in [0.05, 0.1) is 0 Å². The third kappa shape index (κ3) is 2.31. The van der Waals surface area contributed by atoms with Crippen molar-refractivity contribution in [3.8, 4) is 0 Å². The van der Waals surface area contributed by atoms with Crippen LogP contribution in [0.2, 0.25) is 0 Å². The molecule has 0 unspecified atom stereocenters. The Morgan fingerprint density at radius 1 is 1.18 bits per heavy atom. The summed E-state index contributed by atoms with van der Waals surface area (Å²) >= 11 is 12.1. The molecule has 0 heterocycles. The second-order valence-electron chi connectivity index (χ2n) is 2.27. The number of hydrogen-bond donors (Lipinski definition) is 1. The zero-order valence-corrected chi connectivity index (χ0v) is 8.44. The topological polar surface area (TPSA) is 26.0 Å². The van der Waals surface area contributed by atoms with Gasteiger partial charge in [-0.05, 0) is 0 Å². The molecule has 0 aliphatic carbocycles. The molecule has 1 rings (SSSR count). The minimum atomic E-state index is -2.33. The van der Waals surface area contributed by atoms with Crippen LogP contribution in [0, 0.1) is 0 Å². The van der Waals surface area contributed by atoms with E-state index in [1.165, 1.54) is 0 Å². The summed E-state index contributed by atoms with van der Waals surface area (Å²) in [5, 5.41) is 0.978. The molecule has 0 radical (unpaired) electrons. The summed E-state index contributed by atoms with van der Waals surface area (Å²) in [5.41, 5.74) is 5.44. The van der Waals surface area contributed by atoms with Crippen LogP contribution in [0.5, 0.6) is 0 Å². The summed E-state index contributed by atoms with van der Waals surface area (Å²) < 4.78 is 0. The van der Waals surface area contributed by atoms with E-state index < -0.39 is 5.97 Å². The van der Waals surface area contributed by atoms with Crippen molar-refractivity contribution in [1.29, 1.82) is 0 Å². The summed E-state index contributed by atoms with van der Waals surface area (Å²) in [4.78, 5) is 0. The van der Waals surface area contributed by atoms with E-state index in [4.69, 9.17) is 28.2 Å². The van der Waals surface area contributed by atoms with Crippen LogP contribution in [0.4, 0.5) is 0 Å². The number of nitrogens with two attached hydrogens (primary N) is 1. The van der Waals surface area contributed by atoms with Crippen molar-refractivity contribution in [2.45, 2.75) is 0 Å². The van der Waals surface area contributed by atoms with Crippen molar-refractivity contribution in [1.82, 2.24) is 0 Å². The van der Waals surface area contributed by atoms with Crippen molar-refractivity contribution >= 4 is 33.8 Å². The van der Waals surface area contributed by atoms with Crippen LogP contribution >= 0.6 is 28.4 Å². The van der Waals surface area contributed by atoms with Crippen molar-refractivity contribution in [2.75, 3.05) is 6.29 Å². The van der Waals surface area contributed by atoms with Gasteiger partial charge < -0.3 is 0 Å². The van der Waals surface area contributed by atoms with Crippen molar-refractivity contribution in [3.63, 3.8) is 0 Å². The van der Waals surface area contributed by atoms with E-state index in [2.05, 4.69) is 0 Å². The Bertz CT molecular complexity index is 225. The summed E-state index contributed by atoms with van der Waals surface area (Å²) in [5.74, 6) is -2.33. The fraction of sp³-hybridized carbons (Fsp3) is 0.143. The normalized spacial score (nSPS) is 13.0. The van der Waals surface area contributed by atoms with Gasteiger partial charge in [-0.25, -0.2) is 0 Å². The molecule has 11 heavy (non-hydrogen) atoms. The Balaban J connectivity index is 2.93. The minimum absolute atomic E-state index is 0.361. The zero-order valence-electron chi connectivity index (χ0n) is 5.93.